The van der Waals surface area contributed by atoms with Crippen molar-refractivity contribution < 1.29 is 23.2 Å². The molecule has 0 radical (unpaired) electrons. The second-order valence-corrected chi connectivity index (χ2v) is 7.52. The third-order valence-electron chi connectivity index (χ3n) is 5.23. The van der Waals surface area contributed by atoms with Crippen molar-refractivity contribution in [2.45, 2.75) is 39.8 Å². The number of hydrogen-bond donors (Lipinski definition) is 1. The number of ether oxygens (including phenoxy) is 1. The van der Waals surface area contributed by atoms with E-state index in [1.54, 1.807) is 49.1 Å². The molecule has 0 aliphatic carbocycles. The summed E-state index contributed by atoms with van der Waals surface area (Å²) in [5, 5.41) is 6.79. The van der Waals surface area contributed by atoms with Crippen LogP contribution in [0.1, 0.15) is 29.5 Å². The van der Waals surface area contributed by atoms with E-state index >= 15 is 0 Å². The van der Waals surface area contributed by atoms with Crippen LogP contribution in [0.15, 0.2) is 47.0 Å². The molecule has 1 aromatic heterocycles. The molecule has 8 heteroatoms. The second kappa shape index (κ2) is 8.22. The first kappa shape index (κ1) is 20.6. The van der Waals surface area contributed by atoms with Crippen molar-refractivity contribution in [1.29, 1.82) is 0 Å². The van der Waals surface area contributed by atoms with Crippen molar-refractivity contribution >= 4 is 23.2 Å². The molecule has 4 rings (SSSR count). The summed E-state index contributed by atoms with van der Waals surface area (Å²) >= 11 is 0. The Kier molecular flexibility index (Phi) is 5.46. The number of aromatic nitrogens is 1. The normalized spacial score (nSPS) is 15.4. The zero-order chi connectivity index (χ0) is 22.1. The first-order chi connectivity index (χ1) is 14.8. The molecule has 0 spiro atoms. The van der Waals surface area contributed by atoms with Gasteiger partial charge in [-0.2, -0.15) is 0 Å². The van der Waals surface area contributed by atoms with E-state index in [0.29, 0.717) is 28.4 Å². The number of halogens is 1. The van der Waals surface area contributed by atoms with Crippen LogP contribution in [-0.4, -0.2) is 23.1 Å². The quantitative estimate of drug-likeness (QED) is 0.672. The minimum absolute atomic E-state index is 0.104. The average molecular weight is 423 g/mol. The number of carbonyl (C=O) groups is 2. The number of anilines is 2. The molecule has 0 bridgehead atoms. The van der Waals surface area contributed by atoms with Gasteiger partial charge in [-0.15, -0.1) is 0 Å². The molecule has 7 nitrogen and oxygen atoms in total. The molecular weight excluding hydrogens is 401 g/mol. The second-order valence-electron chi connectivity index (χ2n) is 7.52. The summed E-state index contributed by atoms with van der Waals surface area (Å²) in [6, 6.07) is 10.9. The third-order valence-corrected chi connectivity index (χ3v) is 5.23. The molecule has 0 saturated heterocycles. The van der Waals surface area contributed by atoms with Crippen molar-refractivity contribution in [3.05, 3.63) is 70.9 Å². The largest absolute Gasteiger partial charge is 0.479 e. The molecule has 0 fully saturated rings. The number of benzene rings is 2. The highest BCUT2D eigenvalue weighted by atomic mass is 19.1. The first-order valence-corrected chi connectivity index (χ1v) is 9.90. The fourth-order valence-electron chi connectivity index (χ4n) is 3.53. The van der Waals surface area contributed by atoms with Gasteiger partial charge in [0, 0.05) is 11.3 Å². The van der Waals surface area contributed by atoms with Gasteiger partial charge in [0.05, 0.1) is 24.3 Å². The van der Waals surface area contributed by atoms with Gasteiger partial charge in [0.25, 0.3) is 5.91 Å². The fourth-order valence-corrected chi connectivity index (χ4v) is 3.53. The average Bonchev–Trinajstić information content (AvgIpc) is 3.05. The molecule has 3 aromatic rings. The Balaban J connectivity index is 1.57. The maximum Gasteiger partial charge on any atom is 0.268 e. The van der Waals surface area contributed by atoms with Gasteiger partial charge in [-0.3, -0.25) is 9.59 Å². The highest BCUT2D eigenvalue weighted by molar-refractivity contribution is 6.01. The molecule has 2 aromatic carbocycles. The number of hydrogen-bond acceptors (Lipinski definition) is 5. The van der Waals surface area contributed by atoms with E-state index in [2.05, 4.69) is 10.5 Å². The summed E-state index contributed by atoms with van der Waals surface area (Å²) in [5.41, 5.74) is 3.33. The predicted molar refractivity (Wildman–Crippen MR) is 112 cm³/mol. The molecule has 1 unspecified atom stereocenters. The summed E-state index contributed by atoms with van der Waals surface area (Å²) in [5.74, 6) is 0.406. The van der Waals surface area contributed by atoms with Crippen molar-refractivity contribution in [2.24, 2.45) is 0 Å². The van der Waals surface area contributed by atoms with Gasteiger partial charge in [-0.1, -0.05) is 17.3 Å². The summed E-state index contributed by atoms with van der Waals surface area (Å²) in [7, 11) is 0. The lowest BCUT2D eigenvalue weighted by atomic mass is 10.1. The number of amides is 2. The summed E-state index contributed by atoms with van der Waals surface area (Å²) < 4.78 is 24.0. The van der Waals surface area contributed by atoms with Gasteiger partial charge in [0.2, 0.25) is 5.91 Å². The van der Waals surface area contributed by atoms with Gasteiger partial charge < -0.3 is 19.5 Å². The predicted octanol–water partition coefficient (Wildman–Crippen LogP) is 3.93. The van der Waals surface area contributed by atoms with Crippen LogP contribution in [-0.2, 0) is 22.6 Å². The third kappa shape index (κ3) is 4.28. The van der Waals surface area contributed by atoms with Crippen molar-refractivity contribution in [1.82, 2.24) is 5.16 Å². The van der Waals surface area contributed by atoms with Crippen molar-refractivity contribution in [2.75, 3.05) is 10.2 Å². The number of rotatable bonds is 5. The lowest BCUT2D eigenvalue weighted by Crippen LogP contribution is -2.44. The Hall–Kier alpha value is -3.68. The topological polar surface area (TPSA) is 84.7 Å². The number of fused-ring (bicyclic) bond motifs is 1. The highest BCUT2D eigenvalue weighted by Gasteiger charge is 2.33. The van der Waals surface area contributed by atoms with Gasteiger partial charge >= 0.3 is 0 Å². The van der Waals surface area contributed by atoms with Gasteiger partial charge in [-0.05, 0) is 56.7 Å². The molecule has 160 valence electrons. The Morgan fingerprint density at radius 3 is 2.61 bits per heavy atom. The Morgan fingerprint density at radius 1 is 1.19 bits per heavy atom. The number of nitrogens with zero attached hydrogens (tertiary/aromatic N) is 2. The van der Waals surface area contributed by atoms with Crippen LogP contribution < -0.4 is 15.0 Å². The lowest BCUT2D eigenvalue weighted by molar-refractivity contribution is -0.125. The summed E-state index contributed by atoms with van der Waals surface area (Å²) in [4.78, 5) is 26.9. The number of carbonyl (C=O) groups excluding carboxylic acids is 2. The molecule has 2 amide bonds. The minimum Gasteiger partial charge on any atom is -0.479 e. The SMILES string of the molecule is Cc1noc(C)c1CN1C(=O)C(C)Oc2ccc(NC(=O)Cc3ccc(F)cc3)cc21. The zero-order valence-corrected chi connectivity index (χ0v) is 17.4. The van der Waals surface area contributed by atoms with Crippen LogP contribution in [0.5, 0.6) is 5.75 Å². The van der Waals surface area contributed by atoms with Crippen LogP contribution in [0.3, 0.4) is 0 Å². The monoisotopic (exact) mass is 423 g/mol. The van der Waals surface area contributed by atoms with E-state index in [0.717, 1.165) is 11.3 Å². The molecule has 0 saturated carbocycles. The van der Waals surface area contributed by atoms with E-state index in [9.17, 15) is 14.0 Å². The summed E-state index contributed by atoms with van der Waals surface area (Å²) in [6.45, 7) is 5.61. The lowest BCUT2D eigenvalue weighted by Gasteiger charge is -2.33. The smallest absolute Gasteiger partial charge is 0.268 e. The Labute approximate surface area is 178 Å². The highest BCUT2D eigenvalue weighted by Crippen LogP contribution is 2.37. The van der Waals surface area contributed by atoms with Crippen LogP contribution in [0.2, 0.25) is 0 Å². The van der Waals surface area contributed by atoms with E-state index in [-0.39, 0.29) is 30.6 Å². The van der Waals surface area contributed by atoms with E-state index < -0.39 is 6.10 Å². The molecule has 1 aliphatic rings. The molecular formula is C23H22FN3O4. The van der Waals surface area contributed by atoms with Crippen LogP contribution in [0, 0.1) is 19.7 Å². The molecule has 2 heterocycles. The van der Waals surface area contributed by atoms with Crippen LogP contribution >= 0.6 is 0 Å². The maximum atomic E-state index is 13.1. The maximum absolute atomic E-state index is 13.1. The molecule has 1 atom stereocenters. The molecule has 1 N–H and O–H groups in total. The zero-order valence-electron chi connectivity index (χ0n) is 17.4. The molecule has 31 heavy (non-hydrogen) atoms. The van der Waals surface area contributed by atoms with Gasteiger partial charge in [0.15, 0.2) is 6.10 Å². The van der Waals surface area contributed by atoms with Crippen LogP contribution in [0.4, 0.5) is 15.8 Å². The van der Waals surface area contributed by atoms with Crippen molar-refractivity contribution in [3.8, 4) is 5.75 Å². The number of aryl methyl sites for hydroxylation is 2. The standard InChI is InChI=1S/C23H22FN3O4/c1-13-19(14(2)31-26-13)12-27-20-11-18(8-9-21(20)30-15(3)23(27)29)25-22(28)10-16-4-6-17(24)7-5-16/h4-9,11,15H,10,12H2,1-3H3,(H,25,28). The number of nitrogens with one attached hydrogen (secondary N) is 1. The minimum atomic E-state index is -0.633. The van der Waals surface area contributed by atoms with E-state index in [1.165, 1.54) is 12.1 Å². The Bertz CT molecular complexity index is 1120. The van der Waals surface area contributed by atoms with Crippen molar-refractivity contribution in [3.63, 3.8) is 0 Å². The van der Waals surface area contributed by atoms with E-state index in [1.807, 2.05) is 6.92 Å². The Morgan fingerprint density at radius 2 is 1.94 bits per heavy atom. The fraction of sp³-hybridized carbons (Fsp3) is 0.261. The van der Waals surface area contributed by atoms with E-state index in [4.69, 9.17) is 9.26 Å². The first-order valence-electron chi connectivity index (χ1n) is 9.90. The van der Waals surface area contributed by atoms with Gasteiger partial charge in [0.1, 0.15) is 17.3 Å². The van der Waals surface area contributed by atoms with Gasteiger partial charge in [-0.25, -0.2) is 4.39 Å². The van der Waals surface area contributed by atoms with Crippen LogP contribution in [0.25, 0.3) is 0 Å². The molecule has 1 aliphatic heterocycles. The summed E-state index contributed by atoms with van der Waals surface area (Å²) in [6.07, 6.45) is -0.529.